The van der Waals surface area contributed by atoms with Crippen LogP contribution in [0.15, 0.2) is 53.5 Å². The summed E-state index contributed by atoms with van der Waals surface area (Å²) < 4.78 is 19.4. The number of rotatable bonds is 6. The maximum Gasteiger partial charge on any atom is 0.343 e. The first-order valence-corrected chi connectivity index (χ1v) is 12.2. The number of esters is 1. The van der Waals surface area contributed by atoms with Crippen molar-refractivity contribution in [1.82, 2.24) is 4.68 Å². The summed E-state index contributed by atoms with van der Waals surface area (Å²) in [7, 11) is 0. The molecule has 0 amide bonds. The molecule has 0 radical (unpaired) electrons. The molecule has 0 fully saturated rings. The van der Waals surface area contributed by atoms with Crippen molar-refractivity contribution >= 4 is 5.97 Å². The number of hydrogen-bond donors (Lipinski definition) is 0. The predicted octanol–water partition coefficient (Wildman–Crippen LogP) is 4.46. The van der Waals surface area contributed by atoms with Crippen LogP contribution in [0.2, 0.25) is 0 Å². The van der Waals surface area contributed by atoms with E-state index in [9.17, 15) is 9.59 Å². The average Bonchev–Trinajstić information content (AvgIpc) is 2.86. The number of nitrogens with zero attached hydrogens (tertiary/aromatic N) is 2. The Bertz CT molecular complexity index is 1310. The molecule has 0 spiro atoms. The van der Waals surface area contributed by atoms with E-state index >= 15 is 0 Å². The Balaban J connectivity index is 1.64. The first kappa shape index (κ1) is 23.0. The molecule has 5 rings (SSSR count). The summed E-state index contributed by atoms with van der Waals surface area (Å²) in [5.41, 5.74) is 4.66. The molecule has 0 N–H and O–H groups in total. The fourth-order valence-corrected chi connectivity index (χ4v) is 4.83. The molecule has 2 aliphatic heterocycles. The quantitative estimate of drug-likeness (QED) is 0.492. The molecule has 2 aromatic carbocycles. The molecule has 182 valence electrons. The minimum atomic E-state index is -0.600. The summed E-state index contributed by atoms with van der Waals surface area (Å²) >= 11 is 0. The standard InChI is InChI=1S/C28H30N2O5/c1-4-33-28(32)22-16-30-23(14-24(22)31)26-20(15-29(30)18(2)3)13-25(27-21(26)11-8-12-34-27)35-17-19-9-6-5-7-10-19/h5-7,9-10,13-14,16,18H,4,8,11-12,15,17H2,1-3H3. The number of aromatic nitrogens is 1. The summed E-state index contributed by atoms with van der Waals surface area (Å²) in [6.07, 6.45) is 3.34. The van der Waals surface area contributed by atoms with Crippen LogP contribution in [0.1, 0.15) is 54.2 Å². The smallest absolute Gasteiger partial charge is 0.343 e. The minimum Gasteiger partial charge on any atom is -0.489 e. The monoisotopic (exact) mass is 474 g/mol. The van der Waals surface area contributed by atoms with E-state index in [2.05, 4.69) is 18.9 Å². The second kappa shape index (κ2) is 9.49. The topological polar surface area (TPSA) is 70.0 Å². The van der Waals surface area contributed by atoms with Gasteiger partial charge in [-0.25, -0.2) is 4.79 Å². The van der Waals surface area contributed by atoms with Gasteiger partial charge < -0.3 is 19.2 Å². The highest BCUT2D eigenvalue weighted by Gasteiger charge is 2.32. The van der Waals surface area contributed by atoms with Gasteiger partial charge in [-0.1, -0.05) is 30.3 Å². The second-order valence-corrected chi connectivity index (χ2v) is 9.14. The third kappa shape index (κ3) is 4.27. The molecule has 0 unspecified atom stereocenters. The van der Waals surface area contributed by atoms with Crippen LogP contribution in [-0.2, 0) is 24.3 Å². The normalized spacial score (nSPS) is 14.0. The van der Waals surface area contributed by atoms with Crippen molar-refractivity contribution in [3.63, 3.8) is 0 Å². The van der Waals surface area contributed by atoms with E-state index in [4.69, 9.17) is 14.2 Å². The van der Waals surface area contributed by atoms with Crippen LogP contribution in [0.3, 0.4) is 0 Å². The summed E-state index contributed by atoms with van der Waals surface area (Å²) in [4.78, 5) is 25.4. The molecule has 0 aliphatic carbocycles. The molecular weight excluding hydrogens is 444 g/mol. The van der Waals surface area contributed by atoms with Gasteiger partial charge in [-0.2, -0.15) is 0 Å². The number of fused-ring (bicyclic) bond motifs is 5. The first-order valence-electron chi connectivity index (χ1n) is 12.2. The van der Waals surface area contributed by atoms with Crippen molar-refractivity contribution in [3.05, 3.63) is 81.1 Å². The zero-order valence-electron chi connectivity index (χ0n) is 20.4. The number of carbonyl (C=O) groups excluding carboxylic acids is 1. The minimum absolute atomic E-state index is 0.0395. The van der Waals surface area contributed by atoms with Crippen LogP contribution >= 0.6 is 0 Å². The highest BCUT2D eigenvalue weighted by Crippen LogP contribution is 2.45. The summed E-state index contributed by atoms with van der Waals surface area (Å²) in [6.45, 7) is 7.81. The van der Waals surface area contributed by atoms with Gasteiger partial charge in [-0.3, -0.25) is 9.47 Å². The lowest BCUT2D eigenvalue weighted by atomic mass is 9.90. The average molecular weight is 475 g/mol. The van der Waals surface area contributed by atoms with Crippen molar-refractivity contribution in [3.8, 4) is 22.8 Å². The Morgan fingerprint density at radius 2 is 1.97 bits per heavy atom. The Labute approximate surface area is 204 Å². The van der Waals surface area contributed by atoms with E-state index < -0.39 is 5.97 Å². The molecule has 3 aromatic rings. The van der Waals surface area contributed by atoms with Crippen molar-refractivity contribution in [2.75, 3.05) is 18.2 Å². The number of benzene rings is 2. The fraction of sp³-hybridized carbons (Fsp3) is 0.357. The van der Waals surface area contributed by atoms with Gasteiger partial charge >= 0.3 is 5.97 Å². The van der Waals surface area contributed by atoms with Crippen LogP contribution in [0.4, 0.5) is 0 Å². The molecular formula is C28H30N2O5. The summed E-state index contributed by atoms with van der Waals surface area (Å²) in [5.74, 6) is 0.875. The number of pyridine rings is 1. The van der Waals surface area contributed by atoms with Gasteiger partial charge in [0.2, 0.25) is 0 Å². The fourth-order valence-electron chi connectivity index (χ4n) is 4.83. The van der Waals surface area contributed by atoms with Gasteiger partial charge in [-0.05, 0) is 50.8 Å². The van der Waals surface area contributed by atoms with E-state index in [1.54, 1.807) is 19.2 Å². The van der Waals surface area contributed by atoms with Crippen molar-refractivity contribution in [1.29, 1.82) is 0 Å². The molecule has 7 nitrogen and oxygen atoms in total. The molecule has 35 heavy (non-hydrogen) atoms. The maximum absolute atomic E-state index is 13.0. The first-order chi connectivity index (χ1) is 17.0. The third-order valence-corrected chi connectivity index (χ3v) is 6.47. The van der Waals surface area contributed by atoms with Crippen molar-refractivity contribution in [2.45, 2.75) is 52.8 Å². The Morgan fingerprint density at radius 1 is 1.17 bits per heavy atom. The predicted molar refractivity (Wildman–Crippen MR) is 134 cm³/mol. The number of ether oxygens (including phenoxy) is 3. The zero-order valence-corrected chi connectivity index (χ0v) is 20.4. The van der Waals surface area contributed by atoms with Crippen molar-refractivity contribution < 1.29 is 19.0 Å². The van der Waals surface area contributed by atoms with Gasteiger partial charge in [-0.15, -0.1) is 0 Å². The number of hydrogen-bond acceptors (Lipinski definition) is 6. The van der Waals surface area contributed by atoms with Crippen LogP contribution in [0.5, 0.6) is 11.5 Å². The summed E-state index contributed by atoms with van der Waals surface area (Å²) in [5, 5.41) is 2.14. The largest absolute Gasteiger partial charge is 0.489 e. The Kier molecular flexibility index (Phi) is 6.24. The van der Waals surface area contributed by atoms with Crippen LogP contribution in [0, 0.1) is 0 Å². The molecule has 0 saturated carbocycles. The van der Waals surface area contributed by atoms with Gasteiger partial charge in [0, 0.05) is 29.4 Å². The Morgan fingerprint density at radius 3 is 2.71 bits per heavy atom. The van der Waals surface area contributed by atoms with E-state index in [1.807, 2.05) is 41.1 Å². The highest BCUT2D eigenvalue weighted by atomic mass is 16.5. The lowest BCUT2D eigenvalue weighted by molar-refractivity contribution is 0.0523. The molecule has 0 saturated heterocycles. The second-order valence-electron chi connectivity index (χ2n) is 9.14. The highest BCUT2D eigenvalue weighted by molar-refractivity contribution is 5.90. The maximum atomic E-state index is 13.0. The van der Waals surface area contributed by atoms with Gasteiger partial charge in [0.15, 0.2) is 16.9 Å². The molecule has 3 heterocycles. The van der Waals surface area contributed by atoms with E-state index in [0.717, 1.165) is 52.3 Å². The van der Waals surface area contributed by atoms with Crippen molar-refractivity contribution in [2.24, 2.45) is 0 Å². The van der Waals surface area contributed by atoms with Gasteiger partial charge in [0.1, 0.15) is 12.2 Å². The Hall–Kier alpha value is -3.74. The lowest BCUT2D eigenvalue weighted by Crippen LogP contribution is -2.44. The molecule has 0 bridgehead atoms. The lowest BCUT2D eigenvalue weighted by Gasteiger charge is -2.39. The van der Waals surface area contributed by atoms with Gasteiger partial charge in [0.25, 0.3) is 0 Å². The van der Waals surface area contributed by atoms with Gasteiger partial charge in [0.05, 0.1) is 25.5 Å². The molecule has 7 heteroatoms. The van der Waals surface area contributed by atoms with Crippen LogP contribution in [0.25, 0.3) is 11.3 Å². The zero-order chi connectivity index (χ0) is 24.5. The number of carbonyl (C=O) groups is 1. The van der Waals surface area contributed by atoms with Crippen LogP contribution < -0.4 is 19.9 Å². The van der Waals surface area contributed by atoms with Crippen LogP contribution in [-0.4, -0.2) is 29.9 Å². The van der Waals surface area contributed by atoms with E-state index in [0.29, 0.717) is 19.8 Å². The molecule has 2 aliphatic rings. The van der Waals surface area contributed by atoms with E-state index in [1.165, 1.54) is 0 Å². The van der Waals surface area contributed by atoms with E-state index in [-0.39, 0.29) is 23.6 Å². The summed E-state index contributed by atoms with van der Waals surface area (Å²) in [6, 6.07) is 13.8. The SMILES string of the molecule is CCOC(=O)c1cn2c(cc1=O)-c1c(cc(OCc3ccccc3)c3c1CCCO3)CN2C(C)C. The third-order valence-electron chi connectivity index (χ3n) is 6.47. The molecule has 1 aromatic heterocycles. The molecule has 0 atom stereocenters.